The Hall–Kier alpha value is -1.77. The highest BCUT2D eigenvalue weighted by Gasteiger charge is 1.95. The maximum Gasteiger partial charge on any atom is 0.243 e. The van der Waals surface area contributed by atoms with Gasteiger partial charge in [0.15, 0.2) is 0 Å². The Labute approximate surface area is 102 Å². The van der Waals surface area contributed by atoms with Crippen LogP contribution in [0.25, 0.3) is 6.08 Å². The van der Waals surface area contributed by atoms with E-state index in [2.05, 4.69) is 12.2 Å². The molecule has 0 spiro atoms. The summed E-state index contributed by atoms with van der Waals surface area (Å²) in [6.07, 6.45) is 5.42. The first-order chi connectivity index (χ1) is 8.26. The minimum absolute atomic E-state index is 0.0544. The Morgan fingerprint density at radius 3 is 3.00 bits per heavy atom. The average molecular weight is 233 g/mol. The van der Waals surface area contributed by atoms with Gasteiger partial charge in [-0.1, -0.05) is 25.5 Å². The molecule has 0 aromatic heterocycles. The zero-order chi connectivity index (χ0) is 12.5. The molecule has 3 heteroatoms. The molecule has 1 rings (SSSR count). The molecule has 0 aliphatic heterocycles. The highest BCUT2D eigenvalue weighted by molar-refractivity contribution is 5.91. The number of carbonyl (C=O) groups is 1. The first kappa shape index (κ1) is 13.3. The van der Waals surface area contributed by atoms with Crippen LogP contribution in [-0.4, -0.2) is 19.6 Å². The molecule has 0 radical (unpaired) electrons. The van der Waals surface area contributed by atoms with Crippen LogP contribution >= 0.6 is 0 Å². The number of methoxy groups -OCH3 is 1. The summed E-state index contributed by atoms with van der Waals surface area (Å²) in [6.45, 7) is 2.83. The van der Waals surface area contributed by atoms with Gasteiger partial charge >= 0.3 is 0 Å². The van der Waals surface area contributed by atoms with Gasteiger partial charge in [-0.25, -0.2) is 0 Å². The first-order valence-corrected chi connectivity index (χ1v) is 5.86. The molecule has 92 valence electrons. The van der Waals surface area contributed by atoms with E-state index in [9.17, 15) is 4.79 Å². The normalized spacial score (nSPS) is 10.5. The second-order valence-corrected chi connectivity index (χ2v) is 3.75. The van der Waals surface area contributed by atoms with E-state index < -0.39 is 0 Å². The molecule has 0 aliphatic rings. The van der Waals surface area contributed by atoms with E-state index in [1.54, 1.807) is 19.3 Å². The molecule has 0 aliphatic carbocycles. The molecule has 0 saturated heterocycles. The fourth-order valence-corrected chi connectivity index (χ4v) is 1.36. The van der Waals surface area contributed by atoms with Crippen LogP contribution in [-0.2, 0) is 4.79 Å². The van der Waals surface area contributed by atoms with Crippen molar-refractivity contribution < 1.29 is 9.53 Å². The molecular weight excluding hydrogens is 214 g/mol. The van der Waals surface area contributed by atoms with Crippen molar-refractivity contribution in [3.63, 3.8) is 0 Å². The molecule has 1 aromatic carbocycles. The number of hydrogen-bond acceptors (Lipinski definition) is 2. The molecular formula is C14H19NO2. The molecule has 1 aromatic rings. The molecule has 0 atom stereocenters. The fraction of sp³-hybridized carbons (Fsp3) is 0.357. The third-order valence-electron chi connectivity index (χ3n) is 2.35. The lowest BCUT2D eigenvalue weighted by molar-refractivity contribution is -0.116. The van der Waals surface area contributed by atoms with Crippen LogP contribution in [0.15, 0.2) is 30.3 Å². The fourth-order valence-electron chi connectivity index (χ4n) is 1.36. The van der Waals surface area contributed by atoms with Gasteiger partial charge in [-0.05, 0) is 30.2 Å². The summed E-state index contributed by atoms with van der Waals surface area (Å²) in [7, 11) is 1.63. The van der Waals surface area contributed by atoms with Gasteiger partial charge in [0.05, 0.1) is 7.11 Å². The third kappa shape index (κ3) is 5.20. The van der Waals surface area contributed by atoms with E-state index in [0.717, 1.165) is 30.7 Å². The molecule has 0 bridgehead atoms. The van der Waals surface area contributed by atoms with Crippen LogP contribution < -0.4 is 10.1 Å². The van der Waals surface area contributed by atoms with Crippen molar-refractivity contribution in [1.29, 1.82) is 0 Å². The van der Waals surface area contributed by atoms with Crippen LogP contribution in [0.3, 0.4) is 0 Å². The lowest BCUT2D eigenvalue weighted by Gasteiger charge is -2.01. The zero-order valence-electron chi connectivity index (χ0n) is 10.4. The summed E-state index contributed by atoms with van der Waals surface area (Å²) < 4.78 is 5.11. The predicted molar refractivity (Wildman–Crippen MR) is 69.9 cm³/mol. The first-order valence-electron chi connectivity index (χ1n) is 5.86. The number of nitrogens with one attached hydrogen (secondary N) is 1. The summed E-state index contributed by atoms with van der Waals surface area (Å²) in [5.41, 5.74) is 0.954. The minimum atomic E-state index is -0.0544. The van der Waals surface area contributed by atoms with Gasteiger partial charge in [-0.3, -0.25) is 4.79 Å². The van der Waals surface area contributed by atoms with Gasteiger partial charge in [0.25, 0.3) is 0 Å². The van der Waals surface area contributed by atoms with Crippen LogP contribution in [0.5, 0.6) is 5.75 Å². The molecule has 17 heavy (non-hydrogen) atoms. The van der Waals surface area contributed by atoms with Crippen molar-refractivity contribution in [2.45, 2.75) is 19.8 Å². The SMILES string of the molecule is CCCCNC(=O)/C=C/c1cccc(OC)c1. The quantitative estimate of drug-likeness (QED) is 0.606. The predicted octanol–water partition coefficient (Wildman–Crippen LogP) is 2.62. The number of benzene rings is 1. The average Bonchev–Trinajstić information content (AvgIpc) is 2.37. The van der Waals surface area contributed by atoms with E-state index >= 15 is 0 Å². The van der Waals surface area contributed by atoms with E-state index in [1.165, 1.54) is 0 Å². The molecule has 3 nitrogen and oxygen atoms in total. The standard InChI is InChI=1S/C14H19NO2/c1-3-4-10-15-14(16)9-8-12-6-5-7-13(11-12)17-2/h5-9,11H,3-4,10H2,1-2H3,(H,15,16)/b9-8+. The lowest BCUT2D eigenvalue weighted by atomic mass is 10.2. The van der Waals surface area contributed by atoms with Gasteiger partial charge in [0.1, 0.15) is 5.75 Å². The van der Waals surface area contributed by atoms with Crippen molar-refractivity contribution in [2.24, 2.45) is 0 Å². The van der Waals surface area contributed by atoms with Crippen LogP contribution in [0.1, 0.15) is 25.3 Å². The monoisotopic (exact) mass is 233 g/mol. The lowest BCUT2D eigenvalue weighted by Crippen LogP contribution is -2.21. The van der Waals surface area contributed by atoms with E-state index in [1.807, 2.05) is 24.3 Å². The van der Waals surface area contributed by atoms with Crippen LogP contribution in [0.4, 0.5) is 0 Å². The summed E-state index contributed by atoms with van der Waals surface area (Å²) in [4.78, 5) is 11.4. The highest BCUT2D eigenvalue weighted by atomic mass is 16.5. The maximum atomic E-state index is 11.4. The Bertz CT molecular complexity index is 386. The van der Waals surface area contributed by atoms with Crippen molar-refractivity contribution in [2.75, 3.05) is 13.7 Å². The van der Waals surface area contributed by atoms with Gasteiger partial charge in [0, 0.05) is 12.6 Å². The number of hydrogen-bond donors (Lipinski definition) is 1. The Morgan fingerprint density at radius 1 is 1.47 bits per heavy atom. The number of unbranched alkanes of at least 4 members (excludes halogenated alkanes) is 1. The van der Waals surface area contributed by atoms with Crippen molar-refractivity contribution in [3.8, 4) is 5.75 Å². The molecule has 1 N–H and O–H groups in total. The van der Waals surface area contributed by atoms with Crippen molar-refractivity contribution >= 4 is 12.0 Å². The topological polar surface area (TPSA) is 38.3 Å². The smallest absolute Gasteiger partial charge is 0.243 e. The van der Waals surface area contributed by atoms with Gasteiger partial charge in [0.2, 0.25) is 5.91 Å². The molecule has 0 saturated carbocycles. The largest absolute Gasteiger partial charge is 0.497 e. The van der Waals surface area contributed by atoms with E-state index in [4.69, 9.17) is 4.74 Å². The van der Waals surface area contributed by atoms with E-state index in [-0.39, 0.29) is 5.91 Å². The Balaban J connectivity index is 2.48. The minimum Gasteiger partial charge on any atom is -0.497 e. The van der Waals surface area contributed by atoms with Crippen LogP contribution in [0.2, 0.25) is 0 Å². The molecule has 1 amide bonds. The zero-order valence-corrected chi connectivity index (χ0v) is 10.4. The summed E-state index contributed by atoms with van der Waals surface area (Å²) >= 11 is 0. The van der Waals surface area contributed by atoms with Gasteiger partial charge in [-0.2, -0.15) is 0 Å². The van der Waals surface area contributed by atoms with E-state index in [0.29, 0.717) is 0 Å². The summed E-state index contributed by atoms with van der Waals surface area (Å²) in [5.74, 6) is 0.736. The van der Waals surface area contributed by atoms with Gasteiger partial charge in [-0.15, -0.1) is 0 Å². The number of ether oxygens (including phenoxy) is 1. The second kappa shape index (κ2) is 7.49. The third-order valence-corrected chi connectivity index (χ3v) is 2.35. The summed E-state index contributed by atoms with van der Waals surface area (Å²) in [6, 6.07) is 7.58. The van der Waals surface area contributed by atoms with Crippen molar-refractivity contribution in [1.82, 2.24) is 5.32 Å². The number of amides is 1. The Kier molecular flexibility index (Phi) is 5.86. The Morgan fingerprint density at radius 2 is 2.29 bits per heavy atom. The van der Waals surface area contributed by atoms with Crippen LogP contribution in [0, 0.1) is 0 Å². The molecule has 0 unspecified atom stereocenters. The second-order valence-electron chi connectivity index (χ2n) is 3.75. The maximum absolute atomic E-state index is 11.4. The van der Waals surface area contributed by atoms with Crippen molar-refractivity contribution in [3.05, 3.63) is 35.9 Å². The number of carbonyl (C=O) groups excluding carboxylic acids is 1. The number of rotatable bonds is 6. The highest BCUT2D eigenvalue weighted by Crippen LogP contribution is 2.13. The van der Waals surface area contributed by atoms with Gasteiger partial charge < -0.3 is 10.1 Å². The molecule has 0 fully saturated rings. The summed E-state index contributed by atoms with van der Waals surface area (Å²) in [5, 5.41) is 2.83. The molecule has 0 heterocycles.